The molecule has 0 aliphatic carbocycles. The van der Waals surface area contributed by atoms with Crippen LogP contribution in [0, 0.1) is 0 Å². The van der Waals surface area contributed by atoms with Crippen molar-refractivity contribution < 1.29 is 9.53 Å². The lowest BCUT2D eigenvalue weighted by molar-refractivity contribution is -0.134. The van der Waals surface area contributed by atoms with Gasteiger partial charge in [-0.2, -0.15) is 5.10 Å². The fourth-order valence-corrected chi connectivity index (χ4v) is 0.498. The first-order valence-corrected chi connectivity index (χ1v) is 3.02. The highest BCUT2D eigenvalue weighted by atomic mass is 16.5. The molecule has 0 radical (unpaired) electrons. The summed E-state index contributed by atoms with van der Waals surface area (Å²) in [4.78, 5) is 10.6. The Labute approximate surface area is 58.2 Å². The van der Waals surface area contributed by atoms with E-state index in [0.29, 0.717) is 12.2 Å². The molecule has 1 N–H and O–H groups in total. The Morgan fingerprint density at radius 1 is 1.90 bits per heavy atom. The number of aromatic nitrogens is 2. The third kappa shape index (κ3) is 1.58. The Morgan fingerprint density at radius 3 is 3.20 bits per heavy atom. The van der Waals surface area contributed by atoms with Gasteiger partial charge in [0.25, 0.3) is 0 Å². The number of nitrogens with zero attached hydrogens (tertiary/aromatic N) is 1. The zero-order valence-electron chi connectivity index (χ0n) is 5.63. The van der Waals surface area contributed by atoms with Gasteiger partial charge >= 0.3 is 5.97 Å². The van der Waals surface area contributed by atoms with Crippen LogP contribution in [0.3, 0.4) is 0 Å². The van der Waals surface area contributed by atoms with Crippen molar-refractivity contribution in [1.82, 2.24) is 10.2 Å². The largest absolute Gasteiger partial charge is 0.423 e. The molecule has 4 nitrogen and oxygen atoms in total. The molecule has 0 bridgehead atoms. The van der Waals surface area contributed by atoms with E-state index in [0.717, 1.165) is 0 Å². The topological polar surface area (TPSA) is 55.0 Å². The van der Waals surface area contributed by atoms with Gasteiger partial charge in [-0.15, -0.1) is 0 Å². The van der Waals surface area contributed by atoms with Gasteiger partial charge < -0.3 is 4.74 Å². The van der Waals surface area contributed by atoms with Gasteiger partial charge in [-0.25, -0.2) is 0 Å². The Hall–Kier alpha value is -1.32. The average Bonchev–Trinajstić information content (AvgIpc) is 2.40. The monoisotopic (exact) mass is 140 g/mol. The molecule has 0 saturated carbocycles. The molecule has 10 heavy (non-hydrogen) atoms. The quantitative estimate of drug-likeness (QED) is 0.616. The van der Waals surface area contributed by atoms with Crippen LogP contribution in [-0.4, -0.2) is 16.2 Å². The van der Waals surface area contributed by atoms with Crippen molar-refractivity contribution >= 4 is 5.97 Å². The highest BCUT2D eigenvalue weighted by Gasteiger charge is 2.00. The van der Waals surface area contributed by atoms with Crippen LogP contribution in [0.5, 0.6) is 5.75 Å². The summed E-state index contributed by atoms with van der Waals surface area (Å²) in [7, 11) is 0. The number of ether oxygens (including phenoxy) is 1. The summed E-state index contributed by atoms with van der Waals surface area (Å²) in [5, 5.41) is 6.14. The third-order valence-corrected chi connectivity index (χ3v) is 0.993. The molecule has 0 aromatic carbocycles. The van der Waals surface area contributed by atoms with Gasteiger partial charge in [-0.1, -0.05) is 6.92 Å². The number of rotatable bonds is 2. The Morgan fingerprint density at radius 2 is 2.70 bits per heavy atom. The molecule has 54 valence electrons. The van der Waals surface area contributed by atoms with E-state index < -0.39 is 0 Å². The lowest BCUT2D eigenvalue weighted by Gasteiger charge is -1.94. The van der Waals surface area contributed by atoms with Gasteiger partial charge in [-0.05, 0) is 0 Å². The first-order chi connectivity index (χ1) is 4.83. The summed E-state index contributed by atoms with van der Waals surface area (Å²) in [5.41, 5.74) is 0. The lowest BCUT2D eigenvalue weighted by atomic mass is 10.5. The molecule has 0 aliphatic heterocycles. The van der Waals surface area contributed by atoms with Crippen molar-refractivity contribution in [3.63, 3.8) is 0 Å². The summed E-state index contributed by atoms with van der Waals surface area (Å²) in [6, 6.07) is 0. The molecule has 1 aromatic rings. The maximum Gasteiger partial charge on any atom is 0.311 e. The lowest BCUT2D eigenvalue weighted by Crippen LogP contribution is -2.04. The van der Waals surface area contributed by atoms with E-state index in [1.54, 1.807) is 6.92 Å². The Bertz CT molecular complexity index is 206. The van der Waals surface area contributed by atoms with Crippen LogP contribution in [0.25, 0.3) is 0 Å². The van der Waals surface area contributed by atoms with E-state index in [2.05, 4.69) is 10.2 Å². The van der Waals surface area contributed by atoms with Crippen LogP contribution in [0.4, 0.5) is 0 Å². The maximum atomic E-state index is 10.6. The number of carbonyl (C=O) groups excluding carboxylic acids is 1. The molecule has 0 spiro atoms. The normalized spacial score (nSPS) is 9.30. The van der Waals surface area contributed by atoms with Crippen molar-refractivity contribution in [1.29, 1.82) is 0 Å². The number of carbonyl (C=O) groups is 1. The van der Waals surface area contributed by atoms with Crippen LogP contribution < -0.4 is 4.74 Å². The van der Waals surface area contributed by atoms with E-state index in [4.69, 9.17) is 4.74 Å². The van der Waals surface area contributed by atoms with Gasteiger partial charge in [0, 0.05) is 6.42 Å². The van der Waals surface area contributed by atoms with Gasteiger partial charge in [0.2, 0.25) is 0 Å². The summed E-state index contributed by atoms with van der Waals surface area (Å²) < 4.78 is 4.77. The molecule has 4 heteroatoms. The SMILES string of the molecule is CCC(=O)Oc1cn[nH]c1. The summed E-state index contributed by atoms with van der Waals surface area (Å²) in [6.45, 7) is 1.74. The minimum Gasteiger partial charge on any atom is -0.423 e. The second kappa shape index (κ2) is 3.00. The molecule has 0 atom stereocenters. The number of hydrogen-bond acceptors (Lipinski definition) is 3. The van der Waals surface area contributed by atoms with Crippen molar-refractivity contribution in [2.45, 2.75) is 13.3 Å². The van der Waals surface area contributed by atoms with Gasteiger partial charge in [0.05, 0.1) is 12.4 Å². The first kappa shape index (κ1) is 6.80. The molecular weight excluding hydrogens is 132 g/mol. The minimum atomic E-state index is -0.249. The molecule has 1 aromatic heterocycles. The van der Waals surface area contributed by atoms with E-state index in [1.807, 2.05) is 0 Å². The van der Waals surface area contributed by atoms with Crippen LogP contribution >= 0.6 is 0 Å². The third-order valence-electron chi connectivity index (χ3n) is 0.993. The van der Waals surface area contributed by atoms with Gasteiger partial charge in [0.1, 0.15) is 0 Å². The van der Waals surface area contributed by atoms with Crippen molar-refractivity contribution in [2.24, 2.45) is 0 Å². The standard InChI is InChI=1S/C6H8N2O2/c1-2-6(9)10-5-3-7-8-4-5/h3-4H,2H2,1H3,(H,7,8). The predicted molar refractivity (Wildman–Crippen MR) is 34.5 cm³/mol. The molecule has 1 rings (SSSR count). The molecule has 1 heterocycles. The van der Waals surface area contributed by atoms with Gasteiger partial charge in [0.15, 0.2) is 5.75 Å². The number of hydrogen-bond donors (Lipinski definition) is 1. The first-order valence-electron chi connectivity index (χ1n) is 3.02. The molecular formula is C6H8N2O2. The average molecular weight is 140 g/mol. The highest BCUT2D eigenvalue weighted by molar-refractivity contribution is 5.71. The van der Waals surface area contributed by atoms with E-state index >= 15 is 0 Å². The second-order valence-electron chi connectivity index (χ2n) is 1.76. The number of aromatic amines is 1. The minimum absolute atomic E-state index is 0.249. The summed E-state index contributed by atoms with van der Waals surface area (Å²) in [6.07, 6.45) is 3.35. The zero-order valence-corrected chi connectivity index (χ0v) is 5.63. The highest BCUT2D eigenvalue weighted by Crippen LogP contribution is 2.05. The van der Waals surface area contributed by atoms with Crippen molar-refractivity contribution in [3.8, 4) is 5.75 Å². The molecule has 0 amide bonds. The number of H-pyrrole nitrogens is 1. The van der Waals surface area contributed by atoms with Gasteiger partial charge in [-0.3, -0.25) is 9.89 Å². The fraction of sp³-hybridized carbons (Fsp3) is 0.333. The fourth-order valence-electron chi connectivity index (χ4n) is 0.498. The second-order valence-corrected chi connectivity index (χ2v) is 1.76. The summed E-state index contributed by atoms with van der Waals surface area (Å²) >= 11 is 0. The predicted octanol–water partition coefficient (Wildman–Crippen LogP) is 0.725. The Kier molecular flexibility index (Phi) is 2.04. The number of nitrogens with one attached hydrogen (secondary N) is 1. The molecule has 0 aliphatic rings. The smallest absolute Gasteiger partial charge is 0.311 e. The van der Waals surface area contributed by atoms with E-state index in [9.17, 15) is 4.79 Å². The Balaban J connectivity index is 2.48. The van der Waals surface area contributed by atoms with E-state index in [1.165, 1.54) is 12.4 Å². The van der Waals surface area contributed by atoms with Crippen LogP contribution in [0.15, 0.2) is 12.4 Å². The molecule has 0 fully saturated rings. The molecule has 0 unspecified atom stereocenters. The van der Waals surface area contributed by atoms with E-state index in [-0.39, 0.29) is 5.97 Å². The van der Waals surface area contributed by atoms with Crippen molar-refractivity contribution in [3.05, 3.63) is 12.4 Å². The van der Waals surface area contributed by atoms with Crippen LogP contribution in [0.1, 0.15) is 13.3 Å². The number of esters is 1. The summed E-state index contributed by atoms with van der Waals surface area (Å²) in [5.74, 6) is 0.216. The van der Waals surface area contributed by atoms with Crippen LogP contribution in [0.2, 0.25) is 0 Å². The zero-order chi connectivity index (χ0) is 7.40. The maximum absolute atomic E-state index is 10.6. The molecule has 0 saturated heterocycles. The van der Waals surface area contributed by atoms with Crippen LogP contribution in [-0.2, 0) is 4.79 Å². The van der Waals surface area contributed by atoms with Crippen molar-refractivity contribution in [2.75, 3.05) is 0 Å².